The van der Waals surface area contributed by atoms with Gasteiger partial charge in [0.2, 0.25) is 11.8 Å². The van der Waals surface area contributed by atoms with E-state index in [0.29, 0.717) is 17.9 Å². The van der Waals surface area contributed by atoms with E-state index in [1.165, 1.54) is 0 Å². The molecule has 3 rings (SSSR count). The summed E-state index contributed by atoms with van der Waals surface area (Å²) in [7, 11) is 1.90. The van der Waals surface area contributed by atoms with E-state index in [1.807, 2.05) is 22.9 Å². The summed E-state index contributed by atoms with van der Waals surface area (Å²) in [6.07, 6.45) is 1.91. The van der Waals surface area contributed by atoms with E-state index in [9.17, 15) is 14.4 Å². The number of nitrogens with one attached hydrogen (secondary N) is 1. The second kappa shape index (κ2) is 7.63. The Balaban J connectivity index is 1.66. The number of likely N-dealkylation sites (N-methyl/N-ethyl adjacent to an activating group) is 1. The lowest BCUT2D eigenvalue weighted by Crippen LogP contribution is -2.42. The van der Waals surface area contributed by atoms with E-state index in [2.05, 4.69) is 5.32 Å². The van der Waals surface area contributed by atoms with E-state index < -0.39 is 5.91 Å². The molecule has 140 valence electrons. The van der Waals surface area contributed by atoms with Crippen molar-refractivity contribution in [3.63, 3.8) is 0 Å². The number of hydrogen-bond donors (Lipinski definition) is 2. The number of amides is 3. The lowest BCUT2D eigenvalue weighted by Gasteiger charge is -2.34. The zero-order chi connectivity index (χ0) is 18.7. The number of primary amides is 1. The Bertz CT molecular complexity index is 715. The molecular formula is C18H24N4O4. The summed E-state index contributed by atoms with van der Waals surface area (Å²) in [6.45, 7) is 1.95. The van der Waals surface area contributed by atoms with E-state index in [-0.39, 0.29) is 30.9 Å². The molecule has 26 heavy (non-hydrogen) atoms. The maximum atomic E-state index is 12.6. The first kappa shape index (κ1) is 18.0. The SMILES string of the molecule is CN1C[C@H](CC(=O)NCC(N)=O)Oc2ccc(C(=O)N3CCCC3)cc21. The molecule has 0 spiro atoms. The lowest BCUT2D eigenvalue weighted by molar-refractivity contribution is -0.125. The highest BCUT2D eigenvalue weighted by Gasteiger charge is 2.27. The summed E-state index contributed by atoms with van der Waals surface area (Å²) in [4.78, 5) is 39.0. The predicted molar refractivity (Wildman–Crippen MR) is 96.1 cm³/mol. The molecule has 0 radical (unpaired) electrons. The van der Waals surface area contributed by atoms with Crippen LogP contribution >= 0.6 is 0 Å². The van der Waals surface area contributed by atoms with Crippen molar-refractivity contribution in [2.45, 2.75) is 25.4 Å². The number of carbonyl (C=O) groups excluding carboxylic acids is 3. The maximum absolute atomic E-state index is 12.6. The lowest BCUT2D eigenvalue weighted by atomic mass is 10.1. The first-order valence-corrected chi connectivity index (χ1v) is 8.80. The summed E-state index contributed by atoms with van der Waals surface area (Å²) in [5, 5.41) is 2.46. The summed E-state index contributed by atoms with van der Waals surface area (Å²) >= 11 is 0. The Morgan fingerprint density at radius 2 is 2.00 bits per heavy atom. The van der Waals surface area contributed by atoms with Crippen molar-refractivity contribution in [3.05, 3.63) is 23.8 Å². The number of hydrogen-bond acceptors (Lipinski definition) is 5. The van der Waals surface area contributed by atoms with Gasteiger partial charge in [-0.25, -0.2) is 0 Å². The summed E-state index contributed by atoms with van der Waals surface area (Å²) in [5.41, 5.74) is 6.51. The fourth-order valence-electron chi connectivity index (χ4n) is 3.34. The fourth-order valence-corrected chi connectivity index (χ4v) is 3.34. The van der Waals surface area contributed by atoms with Gasteiger partial charge in [-0.1, -0.05) is 0 Å². The largest absolute Gasteiger partial charge is 0.486 e. The van der Waals surface area contributed by atoms with Crippen LogP contribution in [0.15, 0.2) is 18.2 Å². The average molecular weight is 360 g/mol. The molecule has 1 aromatic rings. The van der Waals surface area contributed by atoms with Gasteiger partial charge >= 0.3 is 0 Å². The van der Waals surface area contributed by atoms with Gasteiger partial charge in [-0.2, -0.15) is 0 Å². The van der Waals surface area contributed by atoms with Crippen LogP contribution in [0.5, 0.6) is 5.75 Å². The van der Waals surface area contributed by atoms with Crippen LogP contribution in [0.3, 0.4) is 0 Å². The van der Waals surface area contributed by atoms with Crippen molar-refractivity contribution in [2.75, 3.05) is 38.1 Å². The summed E-state index contributed by atoms with van der Waals surface area (Å²) < 4.78 is 5.90. The van der Waals surface area contributed by atoms with E-state index >= 15 is 0 Å². The van der Waals surface area contributed by atoms with E-state index in [4.69, 9.17) is 10.5 Å². The molecular weight excluding hydrogens is 336 g/mol. The number of rotatable bonds is 5. The number of likely N-dealkylation sites (tertiary alicyclic amines) is 1. The summed E-state index contributed by atoms with van der Waals surface area (Å²) in [5.74, 6) is -0.178. The zero-order valence-corrected chi connectivity index (χ0v) is 14.9. The number of anilines is 1. The molecule has 0 saturated carbocycles. The van der Waals surface area contributed by atoms with Crippen molar-refractivity contribution in [3.8, 4) is 5.75 Å². The molecule has 3 amide bonds. The van der Waals surface area contributed by atoms with E-state index in [0.717, 1.165) is 31.6 Å². The Morgan fingerprint density at radius 1 is 1.27 bits per heavy atom. The number of nitrogens with two attached hydrogens (primary N) is 1. The molecule has 0 bridgehead atoms. The van der Waals surface area contributed by atoms with Gasteiger partial charge < -0.3 is 25.6 Å². The van der Waals surface area contributed by atoms with Crippen molar-refractivity contribution in [1.29, 1.82) is 0 Å². The minimum Gasteiger partial charge on any atom is -0.486 e. The van der Waals surface area contributed by atoms with Crippen LogP contribution in [-0.4, -0.2) is 62.0 Å². The normalized spacial score (nSPS) is 18.9. The second-order valence-corrected chi connectivity index (χ2v) is 6.75. The van der Waals surface area contributed by atoms with Crippen LogP contribution in [-0.2, 0) is 9.59 Å². The first-order valence-electron chi connectivity index (χ1n) is 8.80. The van der Waals surface area contributed by atoms with Gasteiger partial charge in [0.1, 0.15) is 11.9 Å². The molecule has 3 N–H and O–H groups in total. The number of nitrogens with zero attached hydrogens (tertiary/aromatic N) is 2. The highest BCUT2D eigenvalue weighted by atomic mass is 16.5. The first-order chi connectivity index (χ1) is 12.4. The van der Waals surface area contributed by atoms with Gasteiger partial charge in [0, 0.05) is 25.7 Å². The van der Waals surface area contributed by atoms with Gasteiger partial charge in [0.25, 0.3) is 5.91 Å². The van der Waals surface area contributed by atoms with Crippen LogP contribution in [0.2, 0.25) is 0 Å². The number of fused-ring (bicyclic) bond motifs is 1. The van der Waals surface area contributed by atoms with Crippen LogP contribution in [0.1, 0.15) is 29.6 Å². The Morgan fingerprint density at radius 3 is 2.69 bits per heavy atom. The molecule has 2 heterocycles. The third-order valence-corrected chi connectivity index (χ3v) is 4.65. The molecule has 2 aliphatic heterocycles. The molecule has 0 aliphatic carbocycles. The van der Waals surface area contributed by atoms with Crippen molar-refractivity contribution >= 4 is 23.4 Å². The average Bonchev–Trinajstić information content (AvgIpc) is 3.14. The van der Waals surface area contributed by atoms with Crippen molar-refractivity contribution in [2.24, 2.45) is 5.73 Å². The Labute approximate surface area is 152 Å². The standard InChI is InChI=1S/C18H24N4O4/c1-21-11-13(9-17(24)20-10-16(19)23)26-15-5-4-12(8-14(15)21)18(25)22-6-2-3-7-22/h4-5,8,13H,2-3,6-7,9-11H2,1H3,(H2,19,23)(H,20,24)/t13-/m0/s1. The van der Waals surface area contributed by atoms with Gasteiger partial charge in [-0.3, -0.25) is 14.4 Å². The van der Waals surface area contributed by atoms with Crippen LogP contribution in [0.25, 0.3) is 0 Å². The predicted octanol–water partition coefficient (Wildman–Crippen LogP) is 0.111. The molecule has 1 saturated heterocycles. The highest BCUT2D eigenvalue weighted by molar-refractivity contribution is 5.96. The number of benzene rings is 1. The van der Waals surface area contributed by atoms with Gasteiger partial charge in [-0.15, -0.1) is 0 Å². The molecule has 1 fully saturated rings. The van der Waals surface area contributed by atoms with Crippen LogP contribution in [0.4, 0.5) is 5.69 Å². The minimum atomic E-state index is -0.583. The van der Waals surface area contributed by atoms with E-state index in [1.54, 1.807) is 12.1 Å². The van der Waals surface area contributed by atoms with Gasteiger partial charge in [-0.05, 0) is 31.0 Å². The third kappa shape index (κ3) is 4.07. The molecule has 0 aromatic heterocycles. The topological polar surface area (TPSA) is 105 Å². The summed E-state index contributed by atoms with van der Waals surface area (Å²) in [6, 6.07) is 5.39. The van der Waals surface area contributed by atoms with Crippen molar-refractivity contribution in [1.82, 2.24) is 10.2 Å². The Hall–Kier alpha value is -2.77. The number of carbonyl (C=O) groups is 3. The molecule has 2 aliphatic rings. The zero-order valence-electron chi connectivity index (χ0n) is 14.9. The van der Waals surface area contributed by atoms with Crippen LogP contribution < -0.4 is 20.7 Å². The molecule has 8 heteroatoms. The molecule has 1 atom stereocenters. The van der Waals surface area contributed by atoms with Gasteiger partial charge in [0.05, 0.1) is 25.2 Å². The third-order valence-electron chi connectivity index (χ3n) is 4.65. The van der Waals surface area contributed by atoms with Gasteiger partial charge in [0.15, 0.2) is 0 Å². The number of ether oxygens (including phenoxy) is 1. The smallest absolute Gasteiger partial charge is 0.253 e. The van der Waals surface area contributed by atoms with Crippen LogP contribution in [0, 0.1) is 0 Å². The maximum Gasteiger partial charge on any atom is 0.253 e. The quantitative estimate of drug-likeness (QED) is 0.775. The molecule has 0 unspecified atom stereocenters. The highest BCUT2D eigenvalue weighted by Crippen LogP contribution is 2.34. The molecule has 8 nitrogen and oxygen atoms in total. The van der Waals surface area contributed by atoms with Crippen molar-refractivity contribution < 1.29 is 19.1 Å². The fraction of sp³-hybridized carbons (Fsp3) is 0.500. The molecule has 1 aromatic carbocycles. The monoisotopic (exact) mass is 360 g/mol. The minimum absolute atomic E-state index is 0.0478. The Kier molecular flexibility index (Phi) is 5.29. The second-order valence-electron chi connectivity index (χ2n) is 6.75.